The minimum absolute atomic E-state index is 0.133. The Kier molecular flexibility index (Phi) is 5.21. The third kappa shape index (κ3) is 4.17. The lowest BCUT2D eigenvalue weighted by Gasteiger charge is -2.23. The van der Waals surface area contributed by atoms with Crippen molar-refractivity contribution in [1.82, 2.24) is 0 Å². The van der Waals surface area contributed by atoms with Gasteiger partial charge >= 0.3 is 0 Å². The minimum Gasteiger partial charge on any atom is -0.507 e. The highest BCUT2D eigenvalue weighted by molar-refractivity contribution is 7.56. The van der Waals surface area contributed by atoms with Gasteiger partial charge in [0.1, 0.15) is 11.6 Å². The molecule has 0 spiro atoms. The van der Waals surface area contributed by atoms with Gasteiger partial charge in [-0.3, -0.25) is 4.99 Å². The van der Waals surface area contributed by atoms with Gasteiger partial charge in [-0.1, -0.05) is 41.5 Å². The number of aryl methyl sites for hydroxylation is 1. The molecule has 0 bridgehead atoms. The molecule has 0 radical (unpaired) electrons. The Labute approximate surface area is 139 Å². The van der Waals surface area contributed by atoms with Crippen LogP contribution in [-0.4, -0.2) is 18.4 Å². The topological polar surface area (TPSA) is 32.6 Å². The summed E-state index contributed by atoms with van der Waals surface area (Å²) >= 11 is 0. The molecule has 0 aromatic heterocycles. The van der Waals surface area contributed by atoms with Gasteiger partial charge in [-0.25, -0.2) is 4.39 Å². The highest BCUT2D eigenvalue weighted by Gasteiger charge is 2.21. The molecule has 4 heteroatoms. The molecule has 2 aromatic carbocycles. The molecule has 1 unspecified atom stereocenters. The summed E-state index contributed by atoms with van der Waals surface area (Å²) in [6.07, 6.45) is 1.66. The van der Waals surface area contributed by atoms with E-state index in [4.69, 9.17) is 0 Å². The average molecular weight is 331 g/mol. The molecule has 1 N–H and O–H groups in total. The van der Waals surface area contributed by atoms with Crippen LogP contribution in [0.25, 0.3) is 0 Å². The zero-order valence-corrected chi connectivity index (χ0v) is 15.2. The number of phenolic OH excluding ortho intramolecular Hbond substituents is 1. The summed E-state index contributed by atoms with van der Waals surface area (Å²) in [5.41, 5.74) is 2.67. The number of hydrogen-bond acceptors (Lipinski definition) is 2. The molecular weight excluding hydrogens is 308 g/mol. The fourth-order valence-electron chi connectivity index (χ4n) is 2.48. The summed E-state index contributed by atoms with van der Waals surface area (Å²) in [7, 11) is 1.91. The highest BCUT2D eigenvalue weighted by Crippen LogP contribution is 2.33. The van der Waals surface area contributed by atoms with E-state index in [0.717, 1.165) is 27.3 Å². The lowest BCUT2D eigenvalue weighted by atomic mass is 9.85. The van der Waals surface area contributed by atoms with Gasteiger partial charge in [-0.05, 0) is 41.4 Å². The summed E-state index contributed by atoms with van der Waals surface area (Å²) in [5, 5.41) is 12.5. The molecule has 0 aliphatic carbocycles. The zero-order valence-electron chi connectivity index (χ0n) is 14.2. The van der Waals surface area contributed by atoms with Crippen molar-refractivity contribution >= 4 is 25.4 Å². The van der Waals surface area contributed by atoms with Crippen LogP contribution in [0.2, 0.25) is 0 Å². The van der Waals surface area contributed by atoms with Crippen molar-refractivity contribution in [2.75, 3.05) is 7.05 Å². The molecule has 2 rings (SSSR count). The second-order valence-electron chi connectivity index (χ2n) is 6.70. The molecule has 0 aliphatic heterocycles. The number of aromatic hydroxyl groups is 1. The molecule has 0 saturated heterocycles. The van der Waals surface area contributed by atoms with Crippen LogP contribution in [0.15, 0.2) is 35.3 Å². The zero-order chi connectivity index (χ0) is 17.2. The van der Waals surface area contributed by atoms with Crippen LogP contribution in [0, 0.1) is 12.7 Å². The Bertz CT molecular complexity index is 748. The second kappa shape index (κ2) is 6.80. The third-order valence-corrected chi connectivity index (χ3v) is 4.99. The SMILES string of the molecule is CN=Cc1cc(F)ccc1Pc1cc(C)cc(C(C)(C)C)c1O. The molecule has 0 amide bonds. The molecule has 2 aromatic rings. The van der Waals surface area contributed by atoms with Crippen LogP contribution in [0.3, 0.4) is 0 Å². The van der Waals surface area contributed by atoms with Crippen molar-refractivity contribution in [3.05, 3.63) is 52.8 Å². The number of nitrogens with zero attached hydrogens (tertiary/aromatic N) is 1. The van der Waals surface area contributed by atoms with E-state index in [1.165, 1.54) is 12.1 Å². The molecule has 1 atom stereocenters. The fraction of sp³-hybridized carbons (Fsp3) is 0.316. The fourth-order valence-corrected chi connectivity index (χ4v) is 3.78. The average Bonchev–Trinajstić information content (AvgIpc) is 2.44. The van der Waals surface area contributed by atoms with Gasteiger partial charge in [0.05, 0.1) is 0 Å². The number of halogens is 1. The van der Waals surface area contributed by atoms with Gasteiger partial charge in [-0.2, -0.15) is 0 Å². The first-order chi connectivity index (χ1) is 10.7. The van der Waals surface area contributed by atoms with E-state index in [0.29, 0.717) is 5.75 Å². The van der Waals surface area contributed by atoms with Crippen molar-refractivity contribution in [2.24, 2.45) is 4.99 Å². The lowest BCUT2D eigenvalue weighted by Crippen LogP contribution is -2.17. The van der Waals surface area contributed by atoms with Gasteiger partial charge < -0.3 is 5.11 Å². The van der Waals surface area contributed by atoms with Crippen molar-refractivity contribution in [3.63, 3.8) is 0 Å². The van der Waals surface area contributed by atoms with E-state index in [9.17, 15) is 9.50 Å². The van der Waals surface area contributed by atoms with Gasteiger partial charge in [0.25, 0.3) is 0 Å². The lowest BCUT2D eigenvalue weighted by molar-refractivity contribution is 0.450. The first kappa shape index (κ1) is 17.6. The predicted octanol–water partition coefficient (Wildman–Crippen LogP) is 3.82. The van der Waals surface area contributed by atoms with Crippen LogP contribution in [0.1, 0.15) is 37.5 Å². The molecule has 0 saturated carbocycles. The number of aliphatic imine (C=N–C) groups is 1. The van der Waals surface area contributed by atoms with E-state index < -0.39 is 0 Å². The summed E-state index contributed by atoms with van der Waals surface area (Å²) < 4.78 is 13.5. The molecule has 23 heavy (non-hydrogen) atoms. The molecule has 2 nitrogen and oxygen atoms in total. The van der Waals surface area contributed by atoms with Crippen molar-refractivity contribution in [3.8, 4) is 5.75 Å². The Morgan fingerprint density at radius 2 is 1.83 bits per heavy atom. The van der Waals surface area contributed by atoms with Gasteiger partial charge in [-0.15, -0.1) is 0 Å². The summed E-state index contributed by atoms with van der Waals surface area (Å²) in [4.78, 5) is 4.00. The van der Waals surface area contributed by atoms with Crippen molar-refractivity contribution in [2.45, 2.75) is 33.1 Å². The molecule has 122 valence electrons. The standard InChI is InChI=1S/C19H23FNOP/c1-12-8-15(19(2,3)4)18(22)17(9-12)23-16-7-6-14(20)10-13(16)11-21-5/h6-11,22-23H,1-5H3. The Balaban J connectivity index is 2.51. The quantitative estimate of drug-likeness (QED) is 0.673. The van der Waals surface area contributed by atoms with Crippen LogP contribution < -0.4 is 10.6 Å². The first-order valence-electron chi connectivity index (χ1n) is 7.55. The van der Waals surface area contributed by atoms with Crippen LogP contribution in [0.5, 0.6) is 5.75 Å². The molecule has 0 aliphatic rings. The molecule has 0 fully saturated rings. The van der Waals surface area contributed by atoms with Gasteiger partial charge in [0, 0.05) is 29.7 Å². The summed E-state index contributed by atoms with van der Waals surface area (Å²) in [6, 6.07) is 8.73. The number of phenols is 1. The Morgan fingerprint density at radius 3 is 2.43 bits per heavy atom. The van der Waals surface area contributed by atoms with E-state index >= 15 is 0 Å². The van der Waals surface area contributed by atoms with E-state index in [1.54, 1.807) is 19.3 Å². The van der Waals surface area contributed by atoms with Crippen LogP contribution >= 0.6 is 8.58 Å². The number of rotatable bonds is 3. The van der Waals surface area contributed by atoms with Crippen molar-refractivity contribution in [1.29, 1.82) is 0 Å². The Morgan fingerprint density at radius 1 is 1.13 bits per heavy atom. The first-order valence-corrected chi connectivity index (χ1v) is 8.55. The normalized spacial score (nSPS) is 12.6. The smallest absolute Gasteiger partial charge is 0.127 e. The monoisotopic (exact) mass is 331 g/mol. The van der Waals surface area contributed by atoms with Gasteiger partial charge in [0.15, 0.2) is 0 Å². The van der Waals surface area contributed by atoms with Crippen molar-refractivity contribution < 1.29 is 9.50 Å². The number of hydrogen-bond donors (Lipinski definition) is 1. The van der Waals surface area contributed by atoms with Crippen LogP contribution in [0.4, 0.5) is 4.39 Å². The van der Waals surface area contributed by atoms with E-state index in [1.807, 2.05) is 19.1 Å². The minimum atomic E-state index is -0.280. The van der Waals surface area contributed by atoms with Crippen LogP contribution in [-0.2, 0) is 5.41 Å². The van der Waals surface area contributed by atoms with Gasteiger partial charge in [0.2, 0.25) is 0 Å². The largest absolute Gasteiger partial charge is 0.507 e. The molecule has 0 heterocycles. The second-order valence-corrected chi connectivity index (χ2v) is 8.03. The maximum absolute atomic E-state index is 13.5. The van der Waals surface area contributed by atoms with E-state index in [-0.39, 0.29) is 19.8 Å². The number of benzene rings is 2. The summed E-state index contributed by atoms with van der Waals surface area (Å²) in [5.74, 6) is 0.0578. The maximum atomic E-state index is 13.5. The highest BCUT2D eigenvalue weighted by atomic mass is 31.1. The Hall–Kier alpha value is -1.73. The van der Waals surface area contributed by atoms with E-state index in [2.05, 4.69) is 25.8 Å². The predicted molar refractivity (Wildman–Crippen MR) is 99.0 cm³/mol. The maximum Gasteiger partial charge on any atom is 0.127 e. The molecular formula is C19H23FNOP. The summed E-state index contributed by atoms with van der Waals surface area (Å²) in [6.45, 7) is 8.28. The third-order valence-electron chi connectivity index (χ3n) is 3.61.